The number of rotatable bonds is 5. The van der Waals surface area contributed by atoms with E-state index in [2.05, 4.69) is 15.3 Å². The number of nitrogens with zero attached hydrogens (tertiary/aromatic N) is 4. The minimum absolute atomic E-state index is 0.0950. The van der Waals surface area contributed by atoms with Crippen molar-refractivity contribution in [3.05, 3.63) is 47.1 Å². The van der Waals surface area contributed by atoms with E-state index < -0.39 is 6.09 Å². The summed E-state index contributed by atoms with van der Waals surface area (Å²) < 4.78 is 20.1. The van der Waals surface area contributed by atoms with E-state index in [0.717, 1.165) is 23.8 Å². The number of carbonyl (C=O) groups excluding carboxylic acids is 1. The van der Waals surface area contributed by atoms with Crippen LogP contribution in [0.25, 0.3) is 11.0 Å². The van der Waals surface area contributed by atoms with Crippen LogP contribution in [-0.4, -0.2) is 31.9 Å². The summed E-state index contributed by atoms with van der Waals surface area (Å²) in [6.45, 7) is 0.480. The van der Waals surface area contributed by atoms with Crippen molar-refractivity contribution in [2.24, 2.45) is 5.73 Å². The summed E-state index contributed by atoms with van der Waals surface area (Å²) in [4.78, 5) is 19.4. The number of nitrogens with two attached hydrogens (primary N) is 1. The van der Waals surface area contributed by atoms with Crippen molar-refractivity contribution in [1.29, 1.82) is 0 Å². The first-order valence-corrected chi connectivity index (χ1v) is 9.72. The summed E-state index contributed by atoms with van der Waals surface area (Å²) in [5.74, 6) is 0.360. The van der Waals surface area contributed by atoms with Gasteiger partial charge >= 0.3 is 6.09 Å². The molecule has 4 rings (SSSR count). The fourth-order valence-corrected chi connectivity index (χ4v) is 3.78. The summed E-state index contributed by atoms with van der Waals surface area (Å²) in [6.07, 6.45) is 3.67. The van der Waals surface area contributed by atoms with E-state index >= 15 is 0 Å². The summed E-state index contributed by atoms with van der Waals surface area (Å²) in [5, 5.41) is 8.89. The van der Waals surface area contributed by atoms with E-state index in [1.807, 2.05) is 4.68 Å². The summed E-state index contributed by atoms with van der Waals surface area (Å²) in [7, 11) is 0. The number of anilines is 1. The quantitative estimate of drug-likeness (QED) is 0.610. The second kappa shape index (κ2) is 8.20. The number of amides is 1. The SMILES string of the molecule is NC(=O)OC1CCC(n2nc(NCc3ccc(F)cc3)c3cnc(Cl)nc32)CC1. The molecule has 1 aromatic carbocycles. The minimum atomic E-state index is -0.746. The van der Waals surface area contributed by atoms with E-state index in [-0.39, 0.29) is 23.2 Å². The Labute approximate surface area is 171 Å². The molecule has 2 aromatic heterocycles. The Morgan fingerprint density at radius 3 is 2.69 bits per heavy atom. The van der Waals surface area contributed by atoms with E-state index in [9.17, 15) is 9.18 Å². The maximum Gasteiger partial charge on any atom is 0.404 e. The first-order valence-electron chi connectivity index (χ1n) is 9.35. The third-order valence-electron chi connectivity index (χ3n) is 5.06. The molecule has 3 N–H and O–H groups in total. The van der Waals surface area contributed by atoms with Gasteiger partial charge in [-0.1, -0.05) is 12.1 Å². The Bertz CT molecular complexity index is 1020. The molecule has 0 atom stereocenters. The molecular formula is C19H20ClFN6O2. The predicted octanol–water partition coefficient (Wildman–Crippen LogP) is 3.81. The van der Waals surface area contributed by atoms with Gasteiger partial charge in [0.2, 0.25) is 5.28 Å². The van der Waals surface area contributed by atoms with Crippen LogP contribution < -0.4 is 11.1 Å². The van der Waals surface area contributed by atoms with Gasteiger partial charge in [0.25, 0.3) is 0 Å². The number of benzene rings is 1. The number of fused-ring (bicyclic) bond motifs is 1. The number of halogens is 2. The molecule has 0 unspecified atom stereocenters. The number of hydrogen-bond acceptors (Lipinski definition) is 6. The predicted molar refractivity (Wildman–Crippen MR) is 106 cm³/mol. The van der Waals surface area contributed by atoms with Crippen molar-refractivity contribution in [2.45, 2.75) is 44.4 Å². The molecule has 0 radical (unpaired) electrons. The monoisotopic (exact) mass is 418 g/mol. The second-order valence-electron chi connectivity index (χ2n) is 7.02. The number of ether oxygens (including phenoxy) is 1. The molecule has 0 aliphatic heterocycles. The average molecular weight is 419 g/mol. The van der Waals surface area contributed by atoms with Crippen molar-refractivity contribution in [3.63, 3.8) is 0 Å². The van der Waals surface area contributed by atoms with Gasteiger partial charge in [-0.2, -0.15) is 10.1 Å². The van der Waals surface area contributed by atoms with Gasteiger partial charge in [-0.3, -0.25) is 0 Å². The smallest absolute Gasteiger partial charge is 0.404 e. The molecule has 1 fully saturated rings. The molecule has 152 valence electrons. The van der Waals surface area contributed by atoms with Gasteiger partial charge < -0.3 is 15.8 Å². The molecule has 1 saturated carbocycles. The summed E-state index contributed by atoms with van der Waals surface area (Å²) in [5.41, 5.74) is 6.68. The van der Waals surface area contributed by atoms with Gasteiger partial charge in [0, 0.05) is 12.7 Å². The van der Waals surface area contributed by atoms with Crippen LogP contribution in [-0.2, 0) is 11.3 Å². The highest BCUT2D eigenvalue weighted by atomic mass is 35.5. The lowest BCUT2D eigenvalue weighted by molar-refractivity contribution is 0.0714. The fraction of sp³-hybridized carbons (Fsp3) is 0.368. The zero-order valence-corrected chi connectivity index (χ0v) is 16.3. The minimum Gasteiger partial charge on any atom is -0.446 e. The summed E-state index contributed by atoms with van der Waals surface area (Å²) in [6, 6.07) is 6.37. The normalized spacial score (nSPS) is 19.2. The Morgan fingerprint density at radius 2 is 2.00 bits per heavy atom. The van der Waals surface area contributed by atoms with E-state index in [1.54, 1.807) is 18.3 Å². The first kappa shape index (κ1) is 19.4. The lowest BCUT2D eigenvalue weighted by Gasteiger charge is -2.28. The Morgan fingerprint density at radius 1 is 1.28 bits per heavy atom. The molecule has 3 aromatic rings. The zero-order chi connectivity index (χ0) is 20.4. The second-order valence-corrected chi connectivity index (χ2v) is 7.35. The largest absolute Gasteiger partial charge is 0.446 e. The zero-order valence-electron chi connectivity index (χ0n) is 15.5. The maximum absolute atomic E-state index is 13.1. The highest BCUT2D eigenvalue weighted by Gasteiger charge is 2.27. The van der Waals surface area contributed by atoms with Gasteiger partial charge in [-0.05, 0) is 55.0 Å². The van der Waals surface area contributed by atoms with Crippen molar-refractivity contribution in [1.82, 2.24) is 19.7 Å². The Balaban J connectivity index is 1.55. The molecule has 8 nitrogen and oxygen atoms in total. The van der Waals surface area contributed by atoms with E-state index in [0.29, 0.717) is 30.9 Å². The van der Waals surface area contributed by atoms with Crippen LogP contribution in [0.4, 0.5) is 15.0 Å². The van der Waals surface area contributed by atoms with Crippen LogP contribution in [0, 0.1) is 5.82 Å². The number of hydrogen-bond donors (Lipinski definition) is 2. The van der Waals surface area contributed by atoms with Crippen molar-refractivity contribution < 1.29 is 13.9 Å². The van der Waals surface area contributed by atoms with Crippen molar-refractivity contribution >= 4 is 34.5 Å². The van der Waals surface area contributed by atoms with Gasteiger partial charge in [-0.25, -0.2) is 18.9 Å². The number of aromatic nitrogens is 4. The van der Waals surface area contributed by atoms with E-state index in [1.165, 1.54) is 12.1 Å². The van der Waals surface area contributed by atoms with Gasteiger partial charge in [0.15, 0.2) is 11.5 Å². The van der Waals surface area contributed by atoms with E-state index in [4.69, 9.17) is 27.2 Å². The molecule has 0 bridgehead atoms. The molecule has 29 heavy (non-hydrogen) atoms. The molecule has 10 heteroatoms. The molecule has 0 spiro atoms. The highest BCUT2D eigenvalue weighted by Crippen LogP contribution is 2.34. The molecule has 2 heterocycles. The molecule has 1 amide bonds. The van der Waals surface area contributed by atoms with Crippen LogP contribution in [0.5, 0.6) is 0 Å². The number of carbonyl (C=O) groups is 1. The van der Waals surface area contributed by atoms with Crippen LogP contribution in [0.1, 0.15) is 37.3 Å². The molecule has 0 saturated heterocycles. The van der Waals surface area contributed by atoms with Gasteiger partial charge in [0.05, 0.1) is 11.4 Å². The first-order chi connectivity index (χ1) is 14.0. The third-order valence-corrected chi connectivity index (χ3v) is 5.25. The fourth-order valence-electron chi connectivity index (χ4n) is 3.65. The topological polar surface area (TPSA) is 108 Å². The van der Waals surface area contributed by atoms with Gasteiger partial charge in [0.1, 0.15) is 11.9 Å². The van der Waals surface area contributed by atoms with Crippen LogP contribution in [0.2, 0.25) is 5.28 Å². The third kappa shape index (κ3) is 4.40. The number of nitrogens with one attached hydrogen (secondary N) is 1. The average Bonchev–Trinajstić information content (AvgIpc) is 3.05. The van der Waals surface area contributed by atoms with Crippen LogP contribution >= 0.6 is 11.6 Å². The lowest BCUT2D eigenvalue weighted by Crippen LogP contribution is -2.28. The molecule has 1 aliphatic rings. The van der Waals surface area contributed by atoms with Crippen LogP contribution in [0.15, 0.2) is 30.5 Å². The maximum atomic E-state index is 13.1. The number of primary amides is 1. The summed E-state index contributed by atoms with van der Waals surface area (Å²) >= 11 is 6.02. The van der Waals surface area contributed by atoms with Gasteiger partial charge in [-0.15, -0.1) is 0 Å². The van der Waals surface area contributed by atoms with Crippen molar-refractivity contribution in [3.8, 4) is 0 Å². The van der Waals surface area contributed by atoms with Crippen LogP contribution in [0.3, 0.4) is 0 Å². The molecule has 1 aliphatic carbocycles. The van der Waals surface area contributed by atoms with Crippen molar-refractivity contribution in [2.75, 3.05) is 5.32 Å². The lowest BCUT2D eigenvalue weighted by atomic mass is 9.93. The highest BCUT2D eigenvalue weighted by molar-refractivity contribution is 6.28. The Kier molecular flexibility index (Phi) is 5.48. The Hall–Kier alpha value is -2.94. The standard InChI is InChI=1S/C19H20ClFN6O2/c20-18-24-10-15-16(23-9-11-1-3-12(21)4-2-11)26-27(17(15)25-18)13-5-7-14(8-6-13)29-19(22)28/h1-4,10,13-14H,5-9H2,(H2,22,28)(H,23,26). The molecular weight excluding hydrogens is 399 g/mol.